The number of nitrogens with one attached hydrogen (secondary N) is 1. The van der Waals surface area contributed by atoms with Crippen molar-refractivity contribution in [3.05, 3.63) is 45.5 Å². The maximum atomic E-state index is 4.19. The third-order valence-electron chi connectivity index (χ3n) is 5.53. The van der Waals surface area contributed by atoms with Crippen LogP contribution in [0.3, 0.4) is 0 Å². The van der Waals surface area contributed by atoms with Gasteiger partial charge in [-0.25, -0.2) is 0 Å². The molecule has 1 heterocycles. The smallest absolute Gasteiger partial charge is 0.0391 e. The minimum absolute atomic E-state index is 0.470. The average molecular weight is 300 g/mol. The summed E-state index contributed by atoms with van der Waals surface area (Å²) >= 11 is 0. The van der Waals surface area contributed by atoms with Crippen molar-refractivity contribution in [2.45, 2.75) is 54.0 Å². The summed E-state index contributed by atoms with van der Waals surface area (Å²) in [5.41, 5.74) is 10.1. The number of hydrogen-bond acceptors (Lipinski definition) is 2. The van der Waals surface area contributed by atoms with E-state index in [9.17, 15) is 0 Å². The number of benzene rings is 1. The predicted octanol–water partition coefficient (Wildman–Crippen LogP) is 4.14. The summed E-state index contributed by atoms with van der Waals surface area (Å²) in [7, 11) is 0. The molecule has 1 aliphatic heterocycles. The van der Waals surface area contributed by atoms with Gasteiger partial charge in [0, 0.05) is 32.2 Å². The molecule has 122 valence electrons. The largest absolute Gasteiger partial charge is 0.314 e. The van der Waals surface area contributed by atoms with E-state index in [0.717, 1.165) is 32.6 Å². The second kappa shape index (κ2) is 6.97. The summed E-state index contributed by atoms with van der Waals surface area (Å²) in [4.78, 5) is 2.65. The minimum atomic E-state index is 0.470. The second-order valence-electron chi connectivity index (χ2n) is 7.00. The summed E-state index contributed by atoms with van der Waals surface area (Å²) in [5, 5.41) is 3.47. The van der Waals surface area contributed by atoms with Crippen LogP contribution in [-0.2, 0) is 0 Å². The number of rotatable bonds is 4. The quantitative estimate of drug-likeness (QED) is 0.841. The maximum absolute atomic E-state index is 4.19. The van der Waals surface area contributed by atoms with Gasteiger partial charge in [0.1, 0.15) is 0 Å². The first-order valence-electron chi connectivity index (χ1n) is 8.50. The molecule has 2 heteroatoms. The van der Waals surface area contributed by atoms with E-state index in [1.165, 1.54) is 33.4 Å². The Hall–Kier alpha value is -1.12. The molecule has 1 atom stereocenters. The van der Waals surface area contributed by atoms with Crippen LogP contribution >= 0.6 is 0 Å². The van der Waals surface area contributed by atoms with E-state index in [-0.39, 0.29) is 0 Å². The summed E-state index contributed by atoms with van der Waals surface area (Å²) in [6, 6.07) is 0.470. The fourth-order valence-corrected chi connectivity index (χ4v) is 3.77. The van der Waals surface area contributed by atoms with Gasteiger partial charge < -0.3 is 5.32 Å². The Kier molecular flexibility index (Phi) is 5.46. The van der Waals surface area contributed by atoms with Crippen LogP contribution in [0, 0.1) is 34.6 Å². The van der Waals surface area contributed by atoms with Gasteiger partial charge >= 0.3 is 0 Å². The maximum Gasteiger partial charge on any atom is 0.0391 e. The molecular formula is C20H32N2. The van der Waals surface area contributed by atoms with Crippen LogP contribution in [0.4, 0.5) is 0 Å². The highest BCUT2D eigenvalue weighted by molar-refractivity contribution is 5.51. The molecule has 1 fully saturated rings. The van der Waals surface area contributed by atoms with E-state index >= 15 is 0 Å². The SMILES string of the molecule is C=C(C)C[C@@H](c1c(C)c(C)c(C)c(C)c1C)N1CCNCC1. The monoisotopic (exact) mass is 300 g/mol. The first-order valence-corrected chi connectivity index (χ1v) is 8.50. The molecule has 1 saturated heterocycles. The molecule has 1 aliphatic rings. The molecule has 0 bridgehead atoms. The van der Waals surface area contributed by atoms with Crippen molar-refractivity contribution in [2.75, 3.05) is 26.2 Å². The van der Waals surface area contributed by atoms with Crippen molar-refractivity contribution in [2.24, 2.45) is 0 Å². The van der Waals surface area contributed by atoms with E-state index in [1.807, 2.05) is 0 Å². The molecule has 1 aromatic carbocycles. The highest BCUT2D eigenvalue weighted by atomic mass is 15.2. The van der Waals surface area contributed by atoms with Crippen LogP contribution in [0.5, 0.6) is 0 Å². The van der Waals surface area contributed by atoms with E-state index in [2.05, 4.69) is 58.3 Å². The van der Waals surface area contributed by atoms with Crippen LogP contribution in [0.1, 0.15) is 52.8 Å². The molecule has 0 amide bonds. The molecule has 0 aliphatic carbocycles. The molecule has 0 aromatic heterocycles. The Morgan fingerprint density at radius 1 is 0.955 bits per heavy atom. The Labute approximate surface area is 136 Å². The molecule has 0 radical (unpaired) electrons. The van der Waals surface area contributed by atoms with Gasteiger partial charge in [0.15, 0.2) is 0 Å². The van der Waals surface area contributed by atoms with Gasteiger partial charge in [-0.2, -0.15) is 0 Å². The van der Waals surface area contributed by atoms with Gasteiger partial charge in [0.2, 0.25) is 0 Å². The normalized spacial score (nSPS) is 17.5. The van der Waals surface area contributed by atoms with Crippen LogP contribution < -0.4 is 5.32 Å². The standard InChI is InChI=1S/C20H32N2/c1-13(2)12-19(22-10-8-21-9-11-22)20-17(6)15(4)14(3)16(5)18(20)7/h19,21H,1,8-12H2,2-7H3/t19-/m0/s1. The molecule has 1 aromatic rings. The lowest BCUT2D eigenvalue weighted by Crippen LogP contribution is -2.45. The highest BCUT2D eigenvalue weighted by Gasteiger charge is 2.26. The van der Waals surface area contributed by atoms with Gasteiger partial charge in [-0.05, 0) is 81.3 Å². The molecule has 2 rings (SSSR count). The fourth-order valence-electron chi connectivity index (χ4n) is 3.77. The summed E-state index contributed by atoms with van der Waals surface area (Å²) in [5.74, 6) is 0. The summed E-state index contributed by atoms with van der Waals surface area (Å²) in [6.07, 6.45) is 1.06. The number of nitrogens with zero attached hydrogens (tertiary/aromatic N) is 1. The van der Waals surface area contributed by atoms with Crippen molar-refractivity contribution in [1.29, 1.82) is 0 Å². The lowest BCUT2D eigenvalue weighted by molar-refractivity contribution is 0.171. The number of hydrogen-bond donors (Lipinski definition) is 1. The van der Waals surface area contributed by atoms with E-state index in [4.69, 9.17) is 0 Å². The topological polar surface area (TPSA) is 15.3 Å². The molecule has 22 heavy (non-hydrogen) atoms. The first kappa shape index (κ1) is 17.2. The van der Waals surface area contributed by atoms with Crippen molar-refractivity contribution < 1.29 is 0 Å². The lowest BCUT2D eigenvalue weighted by atomic mass is 9.84. The Balaban J connectivity index is 2.53. The predicted molar refractivity (Wildman–Crippen MR) is 96.7 cm³/mol. The number of piperazine rings is 1. The van der Waals surface area contributed by atoms with Crippen molar-refractivity contribution in [3.63, 3.8) is 0 Å². The molecule has 1 N–H and O–H groups in total. The lowest BCUT2D eigenvalue weighted by Gasteiger charge is -2.38. The van der Waals surface area contributed by atoms with Gasteiger partial charge in [-0.1, -0.05) is 5.57 Å². The average Bonchev–Trinajstić information content (AvgIpc) is 2.50. The van der Waals surface area contributed by atoms with Crippen LogP contribution in [0.25, 0.3) is 0 Å². The van der Waals surface area contributed by atoms with Crippen LogP contribution in [0.15, 0.2) is 12.2 Å². The second-order valence-corrected chi connectivity index (χ2v) is 7.00. The fraction of sp³-hybridized carbons (Fsp3) is 0.600. The van der Waals surface area contributed by atoms with E-state index in [0.29, 0.717) is 6.04 Å². The third-order valence-corrected chi connectivity index (χ3v) is 5.53. The molecule has 0 saturated carbocycles. The van der Waals surface area contributed by atoms with Gasteiger partial charge in [0.05, 0.1) is 0 Å². The molecule has 2 nitrogen and oxygen atoms in total. The Morgan fingerprint density at radius 2 is 1.41 bits per heavy atom. The van der Waals surface area contributed by atoms with Crippen LogP contribution in [0.2, 0.25) is 0 Å². The summed E-state index contributed by atoms with van der Waals surface area (Å²) in [6.45, 7) is 22.2. The molecule has 0 unspecified atom stereocenters. The van der Waals surface area contributed by atoms with Crippen molar-refractivity contribution in [3.8, 4) is 0 Å². The summed E-state index contributed by atoms with van der Waals surface area (Å²) < 4.78 is 0. The van der Waals surface area contributed by atoms with E-state index < -0.39 is 0 Å². The van der Waals surface area contributed by atoms with Crippen molar-refractivity contribution >= 4 is 0 Å². The Bertz CT molecular complexity index is 537. The third kappa shape index (κ3) is 3.28. The zero-order chi connectivity index (χ0) is 16.4. The minimum Gasteiger partial charge on any atom is -0.314 e. The first-order chi connectivity index (χ1) is 10.3. The zero-order valence-corrected chi connectivity index (χ0v) is 15.3. The highest BCUT2D eigenvalue weighted by Crippen LogP contribution is 2.36. The van der Waals surface area contributed by atoms with E-state index in [1.54, 1.807) is 5.56 Å². The van der Waals surface area contributed by atoms with Crippen LogP contribution in [-0.4, -0.2) is 31.1 Å². The Morgan fingerprint density at radius 3 is 1.86 bits per heavy atom. The van der Waals surface area contributed by atoms with Gasteiger partial charge in [-0.3, -0.25) is 4.90 Å². The van der Waals surface area contributed by atoms with Crippen molar-refractivity contribution in [1.82, 2.24) is 10.2 Å². The zero-order valence-electron chi connectivity index (χ0n) is 15.3. The van der Waals surface area contributed by atoms with Gasteiger partial charge in [0.25, 0.3) is 0 Å². The van der Waals surface area contributed by atoms with Gasteiger partial charge in [-0.15, -0.1) is 6.58 Å². The molecule has 0 spiro atoms. The molecular weight excluding hydrogens is 268 g/mol.